The van der Waals surface area contributed by atoms with Crippen LogP contribution in [0.15, 0.2) is 48.7 Å². The predicted octanol–water partition coefficient (Wildman–Crippen LogP) is 4.80. The molecule has 0 atom stereocenters. The van der Waals surface area contributed by atoms with Crippen LogP contribution in [0.4, 0.5) is 13.2 Å². The quantitative estimate of drug-likeness (QED) is 0.476. The van der Waals surface area contributed by atoms with Crippen molar-refractivity contribution in [1.29, 1.82) is 0 Å². The smallest absolute Gasteiger partial charge is 0.406 e. The Morgan fingerprint density at radius 1 is 1.06 bits per heavy atom. The summed E-state index contributed by atoms with van der Waals surface area (Å²) in [6, 6.07) is 11.7. The highest BCUT2D eigenvalue weighted by Gasteiger charge is 2.31. The third-order valence-corrected chi connectivity index (χ3v) is 6.64. The minimum atomic E-state index is -4.73. The van der Waals surface area contributed by atoms with E-state index in [-0.39, 0.29) is 12.3 Å². The Labute approximate surface area is 192 Å². The predicted molar refractivity (Wildman–Crippen MR) is 123 cm³/mol. The Balaban J connectivity index is 1.89. The summed E-state index contributed by atoms with van der Waals surface area (Å²) in [6.45, 7) is 5.27. The zero-order chi connectivity index (χ0) is 24.4. The highest BCUT2D eigenvalue weighted by molar-refractivity contribution is 7.87. The number of rotatable bonds is 9. The molecule has 0 spiro atoms. The average Bonchev–Trinajstić information content (AvgIpc) is 3.03. The lowest BCUT2D eigenvalue weighted by Gasteiger charge is -2.12. The number of halogens is 3. The normalized spacial score (nSPS) is 12.8. The molecule has 0 unspecified atom stereocenters. The summed E-state index contributed by atoms with van der Waals surface area (Å²) in [6.07, 6.45) is -2.16. The van der Waals surface area contributed by atoms with Crippen molar-refractivity contribution in [1.82, 2.24) is 13.6 Å². The van der Waals surface area contributed by atoms with Crippen LogP contribution in [0.2, 0.25) is 0 Å². The standard InChI is InChI=1S/C23H28F3N3O3S/c1-16(2)14-29-15-19(11-12-27-33(30,31)28(3)4)21-10-7-18(13-22(21)29)17-5-8-20(9-6-17)32-23(24,25)26/h5-10,13,15-16,27H,11-12,14H2,1-4H3. The van der Waals surface area contributed by atoms with Crippen LogP contribution >= 0.6 is 0 Å². The molecule has 1 N–H and O–H groups in total. The van der Waals surface area contributed by atoms with Gasteiger partial charge in [-0.15, -0.1) is 13.2 Å². The summed E-state index contributed by atoms with van der Waals surface area (Å²) in [7, 11) is -0.551. The van der Waals surface area contributed by atoms with Crippen LogP contribution in [0.5, 0.6) is 5.75 Å². The molecule has 10 heteroatoms. The van der Waals surface area contributed by atoms with E-state index < -0.39 is 16.6 Å². The van der Waals surface area contributed by atoms with E-state index in [0.29, 0.717) is 12.3 Å². The van der Waals surface area contributed by atoms with Crippen molar-refractivity contribution >= 4 is 21.1 Å². The fourth-order valence-electron chi connectivity index (χ4n) is 3.58. The van der Waals surface area contributed by atoms with Crippen LogP contribution in [0.1, 0.15) is 19.4 Å². The second-order valence-corrected chi connectivity index (χ2v) is 10.4. The molecule has 3 rings (SSSR count). The van der Waals surface area contributed by atoms with Gasteiger partial charge in [-0.2, -0.15) is 12.7 Å². The van der Waals surface area contributed by atoms with Gasteiger partial charge in [0.1, 0.15) is 5.75 Å². The van der Waals surface area contributed by atoms with Crippen LogP contribution in [0, 0.1) is 5.92 Å². The van der Waals surface area contributed by atoms with Gasteiger partial charge < -0.3 is 9.30 Å². The number of benzene rings is 2. The number of nitrogens with one attached hydrogen (secondary N) is 1. The highest BCUT2D eigenvalue weighted by atomic mass is 32.2. The fraction of sp³-hybridized carbons (Fsp3) is 0.391. The molecule has 0 saturated heterocycles. The number of hydrogen-bond donors (Lipinski definition) is 1. The Morgan fingerprint density at radius 2 is 1.70 bits per heavy atom. The van der Waals surface area contributed by atoms with Gasteiger partial charge in [0.25, 0.3) is 10.2 Å². The minimum Gasteiger partial charge on any atom is -0.406 e. The summed E-state index contributed by atoms with van der Waals surface area (Å²) in [4.78, 5) is 0. The first kappa shape index (κ1) is 25.1. The van der Waals surface area contributed by atoms with Crippen molar-refractivity contribution in [2.75, 3.05) is 20.6 Å². The van der Waals surface area contributed by atoms with E-state index in [2.05, 4.69) is 27.9 Å². The summed E-state index contributed by atoms with van der Waals surface area (Å²) < 4.78 is 71.0. The molecule has 0 radical (unpaired) electrons. The molecule has 0 saturated carbocycles. The molecule has 0 bridgehead atoms. The molecule has 0 aliphatic heterocycles. The van der Waals surface area contributed by atoms with Crippen LogP contribution in [0.3, 0.4) is 0 Å². The maximum atomic E-state index is 12.4. The minimum absolute atomic E-state index is 0.266. The summed E-state index contributed by atoms with van der Waals surface area (Å²) in [5.74, 6) is 0.126. The summed E-state index contributed by atoms with van der Waals surface area (Å²) >= 11 is 0. The Hall–Kier alpha value is -2.56. The second kappa shape index (κ2) is 9.74. The first-order chi connectivity index (χ1) is 15.4. The van der Waals surface area contributed by atoms with E-state index in [4.69, 9.17) is 0 Å². The van der Waals surface area contributed by atoms with Crippen molar-refractivity contribution in [3.8, 4) is 16.9 Å². The number of ether oxygens (including phenoxy) is 1. The summed E-state index contributed by atoms with van der Waals surface area (Å²) in [5.41, 5.74) is 3.64. The maximum Gasteiger partial charge on any atom is 0.573 e. The van der Waals surface area contributed by atoms with Crippen LogP contribution in [-0.2, 0) is 23.2 Å². The van der Waals surface area contributed by atoms with Gasteiger partial charge in [-0.05, 0) is 47.2 Å². The highest BCUT2D eigenvalue weighted by Crippen LogP contribution is 2.31. The van der Waals surface area contributed by atoms with E-state index in [9.17, 15) is 21.6 Å². The topological polar surface area (TPSA) is 63.6 Å². The molecule has 6 nitrogen and oxygen atoms in total. The van der Waals surface area contributed by atoms with Gasteiger partial charge >= 0.3 is 6.36 Å². The molecular weight excluding hydrogens is 455 g/mol. The van der Waals surface area contributed by atoms with Crippen LogP contribution in [-0.4, -0.2) is 44.3 Å². The van der Waals surface area contributed by atoms with E-state index in [1.807, 2.05) is 24.4 Å². The Kier molecular flexibility index (Phi) is 7.40. The van der Waals surface area contributed by atoms with Crippen molar-refractivity contribution in [3.05, 3.63) is 54.2 Å². The molecule has 0 amide bonds. The number of hydrogen-bond acceptors (Lipinski definition) is 3. The number of alkyl halides is 3. The number of fused-ring (bicyclic) bond motifs is 1. The van der Waals surface area contributed by atoms with Gasteiger partial charge in [-0.1, -0.05) is 38.1 Å². The molecule has 3 aromatic rings. The van der Waals surface area contributed by atoms with Crippen molar-refractivity contribution in [2.24, 2.45) is 5.92 Å². The van der Waals surface area contributed by atoms with Crippen molar-refractivity contribution in [2.45, 2.75) is 33.2 Å². The molecule has 180 valence electrons. The average molecular weight is 484 g/mol. The lowest BCUT2D eigenvalue weighted by atomic mass is 10.0. The Morgan fingerprint density at radius 3 is 2.27 bits per heavy atom. The van der Waals surface area contributed by atoms with E-state index in [1.54, 1.807) is 12.1 Å². The maximum absolute atomic E-state index is 12.4. The third-order valence-electron chi connectivity index (χ3n) is 5.11. The van der Waals surface area contributed by atoms with Crippen molar-refractivity contribution in [3.63, 3.8) is 0 Å². The Bertz CT molecular complexity index is 1200. The molecular formula is C23H28F3N3O3S. The van der Waals surface area contributed by atoms with E-state index in [1.165, 1.54) is 26.2 Å². The summed E-state index contributed by atoms with van der Waals surface area (Å²) in [5, 5.41) is 1.01. The molecule has 33 heavy (non-hydrogen) atoms. The lowest BCUT2D eigenvalue weighted by Crippen LogP contribution is -2.36. The molecule has 1 heterocycles. The second-order valence-electron chi connectivity index (χ2n) is 8.44. The van der Waals surface area contributed by atoms with Gasteiger partial charge in [0.05, 0.1) is 0 Å². The van der Waals surface area contributed by atoms with Crippen molar-refractivity contribution < 1.29 is 26.3 Å². The van der Waals surface area contributed by atoms with Gasteiger partial charge in [-0.3, -0.25) is 0 Å². The van der Waals surface area contributed by atoms with Gasteiger partial charge in [0, 0.05) is 44.3 Å². The van der Waals surface area contributed by atoms with Gasteiger partial charge in [-0.25, -0.2) is 4.72 Å². The SMILES string of the molecule is CC(C)Cn1cc(CCNS(=O)(=O)N(C)C)c2ccc(-c3ccc(OC(F)(F)F)cc3)cc21. The molecule has 1 aromatic heterocycles. The first-order valence-corrected chi connectivity index (χ1v) is 11.9. The van der Waals surface area contributed by atoms with Gasteiger partial charge in [0.2, 0.25) is 0 Å². The third kappa shape index (κ3) is 6.49. The molecule has 0 aliphatic carbocycles. The molecule has 2 aromatic carbocycles. The number of nitrogens with zero attached hydrogens (tertiary/aromatic N) is 2. The first-order valence-electron chi connectivity index (χ1n) is 10.5. The number of aromatic nitrogens is 1. The largest absolute Gasteiger partial charge is 0.573 e. The fourth-order valence-corrected chi connectivity index (χ4v) is 4.20. The van der Waals surface area contributed by atoms with Crippen LogP contribution in [0.25, 0.3) is 22.0 Å². The zero-order valence-electron chi connectivity index (χ0n) is 19.0. The van der Waals surface area contributed by atoms with E-state index >= 15 is 0 Å². The lowest BCUT2D eigenvalue weighted by molar-refractivity contribution is -0.274. The van der Waals surface area contributed by atoms with E-state index in [0.717, 1.165) is 38.4 Å². The van der Waals surface area contributed by atoms with Crippen LogP contribution < -0.4 is 9.46 Å². The molecule has 0 aliphatic rings. The van der Waals surface area contributed by atoms with Gasteiger partial charge in [0.15, 0.2) is 0 Å². The monoisotopic (exact) mass is 483 g/mol. The molecule has 0 fully saturated rings. The zero-order valence-corrected chi connectivity index (χ0v) is 19.8.